The fourth-order valence-corrected chi connectivity index (χ4v) is 11.6. The van der Waals surface area contributed by atoms with Crippen LogP contribution in [0, 0.1) is 23.7 Å². The Morgan fingerprint density at radius 3 is 1.72 bits per heavy atom. The summed E-state index contributed by atoms with van der Waals surface area (Å²) in [6, 6.07) is 16.0. The maximum atomic E-state index is 13.6. The number of piperidine rings is 6. The van der Waals surface area contributed by atoms with Gasteiger partial charge in [-0.3, -0.25) is 34.0 Å². The predicted octanol–water partition coefficient (Wildman–Crippen LogP) is 9.42. The molecule has 6 aliphatic rings. The van der Waals surface area contributed by atoms with Crippen LogP contribution >= 0.6 is 0 Å². The second kappa shape index (κ2) is 21.5. The van der Waals surface area contributed by atoms with E-state index < -0.39 is 12.2 Å². The third-order valence-corrected chi connectivity index (χ3v) is 15.3. The van der Waals surface area contributed by atoms with Gasteiger partial charge >= 0.3 is 11.9 Å². The van der Waals surface area contributed by atoms with Crippen LogP contribution in [0.2, 0.25) is 0 Å². The number of pyridine rings is 2. The summed E-state index contributed by atoms with van der Waals surface area (Å²) in [6.45, 7) is 12.8. The van der Waals surface area contributed by atoms with Gasteiger partial charge < -0.3 is 18.9 Å². The van der Waals surface area contributed by atoms with Crippen LogP contribution in [0.25, 0.3) is 21.8 Å². The van der Waals surface area contributed by atoms with Crippen LogP contribution in [0.15, 0.2) is 92.4 Å². The molecule has 13 nitrogen and oxygen atoms in total. The van der Waals surface area contributed by atoms with E-state index in [1.54, 1.807) is 14.2 Å². The zero-order chi connectivity index (χ0) is 46.3. The molecule has 67 heavy (non-hydrogen) atoms. The Balaban J connectivity index is 0.728. The Hall–Kier alpha value is -5.66. The number of benzene rings is 2. The molecule has 13 heteroatoms. The minimum Gasteiger partial charge on any atom is -0.497 e. The second-order valence-electron chi connectivity index (χ2n) is 19.2. The number of nitrogens with zero attached hydrogens (tertiary/aromatic N) is 7. The molecule has 0 amide bonds. The molecule has 0 spiro atoms. The monoisotopic (exact) mass is 910 g/mol. The third kappa shape index (κ3) is 10.6. The molecule has 0 radical (unpaired) electrons. The van der Waals surface area contributed by atoms with E-state index in [9.17, 15) is 9.59 Å². The van der Waals surface area contributed by atoms with Crippen molar-refractivity contribution < 1.29 is 28.5 Å². The number of carbonyl (C=O) groups is 2. The maximum Gasteiger partial charge on any atom is 0.306 e. The van der Waals surface area contributed by atoms with Gasteiger partial charge in [0.1, 0.15) is 23.7 Å². The Labute approximate surface area is 394 Å². The first-order valence-electron chi connectivity index (χ1n) is 24.7. The number of unbranched alkanes of at least 4 members (excludes halogenated alkanes) is 4. The van der Waals surface area contributed by atoms with Crippen LogP contribution in [0.3, 0.4) is 0 Å². The van der Waals surface area contributed by atoms with Crippen molar-refractivity contribution in [1.82, 2.24) is 34.8 Å². The molecule has 9 heterocycles. The molecule has 3 aromatic heterocycles. The van der Waals surface area contributed by atoms with Gasteiger partial charge in [0.25, 0.3) is 0 Å². The minimum absolute atomic E-state index is 0.0924. The third-order valence-electron chi connectivity index (χ3n) is 15.3. The largest absolute Gasteiger partial charge is 0.497 e. The standard InChI is InChI=1S/C54H67N7O6/c1-5-36-33-59-27-22-38(36)29-49(59)53(43-20-24-55-47-18-16-41(64-3)31-45(43)47)66-51(62)14-10-8-7-9-13-40-35-61(58-57-40)26-12-11-15-52(63)67-54(50-30-39-23-28-60(50)34-37(39)6-2)44-21-25-56-48-19-17-42(65-4)32-46(44)48/h5-6,16-21,24-25,31-32,35-39,49-50,53-54H,1-2,7-15,22-23,26-30,33-34H2,3-4H3/t36-,37-,38-,39-,49-,50-,53+,54+/m0/s1. The zero-order valence-electron chi connectivity index (χ0n) is 39.3. The first kappa shape index (κ1) is 46.5. The van der Waals surface area contributed by atoms with E-state index in [1.165, 1.54) is 0 Å². The van der Waals surface area contributed by atoms with Crippen LogP contribution in [-0.2, 0) is 32.0 Å². The molecule has 2 aromatic carbocycles. The molecule has 6 saturated heterocycles. The molecule has 6 aliphatic heterocycles. The molecular weight excluding hydrogens is 843 g/mol. The minimum atomic E-state index is -0.409. The van der Waals surface area contributed by atoms with Crippen LogP contribution in [0.1, 0.15) is 106 Å². The quantitative estimate of drug-likeness (QED) is 0.0372. The molecule has 0 N–H and O–H groups in total. The maximum absolute atomic E-state index is 13.6. The lowest BCUT2D eigenvalue weighted by Gasteiger charge is -2.51. The smallest absolute Gasteiger partial charge is 0.306 e. The van der Waals surface area contributed by atoms with Gasteiger partial charge in [-0.2, -0.15) is 0 Å². The lowest BCUT2D eigenvalue weighted by Crippen LogP contribution is -2.55. The highest BCUT2D eigenvalue weighted by molar-refractivity contribution is 5.85. The average Bonchev–Trinajstić information content (AvgIpc) is 3.84. The molecule has 11 rings (SSSR count). The second-order valence-corrected chi connectivity index (χ2v) is 19.2. The van der Waals surface area contributed by atoms with E-state index in [2.05, 4.69) is 55.4 Å². The van der Waals surface area contributed by atoms with Crippen LogP contribution in [-0.4, -0.2) is 99.2 Å². The fraction of sp³-hybridized carbons (Fsp3) is 0.519. The topological polar surface area (TPSA) is 134 Å². The van der Waals surface area contributed by atoms with Crippen molar-refractivity contribution in [2.45, 2.75) is 114 Å². The SMILES string of the molecule is C=C[C@H]1CN2CC[C@H]1C[C@H]2[C@H](OC(=O)CCCCCCc1cn(CCCCC(=O)O[C@H](c2ccnc3ccc(OC)cc23)[C@@H]2C[C@@H]3CCN2C[C@@H]3C=C)nn1)c1ccnc2ccc(OC)cc12. The van der Waals surface area contributed by atoms with Crippen LogP contribution in [0.4, 0.5) is 0 Å². The molecule has 5 aromatic rings. The molecule has 354 valence electrons. The Morgan fingerprint density at radius 1 is 0.701 bits per heavy atom. The lowest BCUT2D eigenvalue weighted by atomic mass is 9.73. The number of rotatable bonds is 22. The number of methoxy groups -OCH3 is 2. The van der Waals surface area contributed by atoms with E-state index in [4.69, 9.17) is 18.9 Å². The van der Waals surface area contributed by atoms with E-state index in [0.29, 0.717) is 49.5 Å². The van der Waals surface area contributed by atoms with Crippen LogP contribution < -0.4 is 9.47 Å². The summed E-state index contributed by atoms with van der Waals surface area (Å²) < 4.78 is 26.0. The lowest BCUT2D eigenvalue weighted by molar-refractivity contribution is -0.158. The first-order valence-corrected chi connectivity index (χ1v) is 24.7. The van der Waals surface area contributed by atoms with Crippen molar-refractivity contribution in [2.75, 3.05) is 40.4 Å². The summed E-state index contributed by atoms with van der Waals surface area (Å²) >= 11 is 0. The van der Waals surface area contributed by atoms with Gasteiger partial charge in [-0.25, -0.2) is 0 Å². The number of carbonyl (C=O) groups excluding carboxylic acids is 2. The normalized spacial score (nSPS) is 25.1. The fourth-order valence-electron chi connectivity index (χ4n) is 11.6. The zero-order valence-corrected chi connectivity index (χ0v) is 39.3. The Bertz CT molecular complexity index is 2530. The van der Waals surface area contributed by atoms with E-state index in [0.717, 1.165) is 141 Å². The molecule has 2 unspecified atom stereocenters. The van der Waals surface area contributed by atoms with Gasteiger partial charge in [0.15, 0.2) is 0 Å². The number of ether oxygens (including phenoxy) is 4. The van der Waals surface area contributed by atoms with Crippen molar-refractivity contribution in [3.05, 3.63) is 109 Å². The summed E-state index contributed by atoms with van der Waals surface area (Å²) in [7, 11) is 3.33. The number of esters is 2. The van der Waals surface area contributed by atoms with E-state index in [1.807, 2.05) is 71.8 Å². The summed E-state index contributed by atoms with van der Waals surface area (Å²) in [5, 5.41) is 10.7. The molecule has 0 saturated carbocycles. The number of hydrogen-bond acceptors (Lipinski definition) is 12. The van der Waals surface area contributed by atoms with Crippen molar-refractivity contribution in [1.29, 1.82) is 0 Å². The van der Waals surface area contributed by atoms with Gasteiger partial charge in [-0.15, -0.1) is 18.3 Å². The predicted molar refractivity (Wildman–Crippen MR) is 258 cm³/mol. The van der Waals surface area contributed by atoms with E-state index in [-0.39, 0.29) is 24.0 Å². The summed E-state index contributed by atoms with van der Waals surface area (Å²) in [5.41, 5.74) is 4.64. The van der Waals surface area contributed by atoms with Crippen molar-refractivity contribution in [2.24, 2.45) is 23.7 Å². The van der Waals surface area contributed by atoms with Gasteiger partial charge in [-0.05, 0) is 143 Å². The van der Waals surface area contributed by atoms with Crippen molar-refractivity contribution in [3.63, 3.8) is 0 Å². The molecule has 4 bridgehead atoms. The van der Waals surface area contributed by atoms with Gasteiger partial charge in [-0.1, -0.05) is 30.2 Å². The number of aryl methyl sites for hydroxylation is 2. The summed E-state index contributed by atoms with van der Waals surface area (Å²) in [4.78, 5) is 41.4. The Kier molecular flexibility index (Phi) is 14.9. The highest BCUT2D eigenvalue weighted by Crippen LogP contribution is 2.45. The molecule has 0 aliphatic carbocycles. The van der Waals surface area contributed by atoms with Gasteiger partial charge in [0, 0.05) is 73.0 Å². The number of aromatic nitrogens is 5. The molecule has 10 atom stereocenters. The Morgan fingerprint density at radius 2 is 1.22 bits per heavy atom. The summed E-state index contributed by atoms with van der Waals surface area (Å²) in [6.07, 6.45) is 19.9. The van der Waals surface area contributed by atoms with Crippen molar-refractivity contribution in [3.8, 4) is 11.5 Å². The highest BCUT2D eigenvalue weighted by atomic mass is 16.5. The summed E-state index contributed by atoms with van der Waals surface area (Å²) in [5.74, 6) is 3.19. The van der Waals surface area contributed by atoms with Gasteiger partial charge in [0.2, 0.25) is 0 Å². The number of hydrogen-bond donors (Lipinski definition) is 0. The van der Waals surface area contributed by atoms with Gasteiger partial charge in [0.05, 0.1) is 43.0 Å². The van der Waals surface area contributed by atoms with E-state index >= 15 is 0 Å². The highest BCUT2D eigenvalue weighted by Gasteiger charge is 2.46. The molecule has 6 fully saturated rings. The molecular formula is C54H67N7O6. The first-order chi connectivity index (χ1) is 32.8. The van der Waals surface area contributed by atoms with Crippen molar-refractivity contribution >= 4 is 33.7 Å². The average molecular weight is 910 g/mol. The number of fused-ring (bicyclic) bond motifs is 8. The van der Waals surface area contributed by atoms with Crippen LogP contribution in [0.5, 0.6) is 11.5 Å².